The van der Waals surface area contributed by atoms with Gasteiger partial charge in [-0.1, -0.05) is 46.9 Å². The van der Waals surface area contributed by atoms with Gasteiger partial charge in [-0.05, 0) is 36.4 Å². The summed E-state index contributed by atoms with van der Waals surface area (Å²) in [4.78, 5) is 12.2. The van der Waals surface area contributed by atoms with Crippen LogP contribution in [0.4, 0.5) is 0 Å². The number of nitrogens with zero attached hydrogens (tertiary/aromatic N) is 2. The molecule has 0 radical (unpaired) electrons. The van der Waals surface area contributed by atoms with Gasteiger partial charge in [0.15, 0.2) is 5.69 Å². The van der Waals surface area contributed by atoms with Crippen molar-refractivity contribution in [2.24, 2.45) is 0 Å². The van der Waals surface area contributed by atoms with Crippen molar-refractivity contribution >= 4 is 50.7 Å². The van der Waals surface area contributed by atoms with Gasteiger partial charge in [-0.3, -0.25) is 4.79 Å². The molecule has 0 unspecified atom stereocenters. The first-order chi connectivity index (χ1) is 12.6. The summed E-state index contributed by atoms with van der Waals surface area (Å²) in [6.07, 6.45) is 0.887. The highest BCUT2D eigenvalue weighted by Crippen LogP contribution is 2.30. The number of carbonyl (C=O) groups excluding carboxylic acids is 1. The molecule has 10 heteroatoms. The molecule has 0 spiro atoms. The van der Waals surface area contributed by atoms with Crippen LogP contribution in [0.25, 0.3) is 16.9 Å². The minimum Gasteiger partial charge on any atom is -0.266 e. The molecule has 1 heterocycles. The number of benzene rings is 2. The number of aromatic nitrogens is 2. The fraction of sp³-hybridized carbons (Fsp3) is 0.0588. The van der Waals surface area contributed by atoms with E-state index in [1.165, 1.54) is 10.7 Å². The van der Waals surface area contributed by atoms with Crippen molar-refractivity contribution in [1.29, 1.82) is 0 Å². The number of nitrogens with one attached hydrogen (secondary N) is 1. The zero-order chi connectivity index (χ0) is 19.8. The van der Waals surface area contributed by atoms with Crippen molar-refractivity contribution in [3.05, 3.63) is 69.3 Å². The van der Waals surface area contributed by atoms with E-state index in [-0.39, 0.29) is 5.69 Å². The van der Waals surface area contributed by atoms with Gasteiger partial charge in [-0.25, -0.2) is 17.8 Å². The lowest BCUT2D eigenvalue weighted by Crippen LogP contribution is -2.29. The summed E-state index contributed by atoms with van der Waals surface area (Å²) in [7, 11) is -3.73. The molecule has 0 bridgehead atoms. The molecular weight excluding hydrogens is 433 g/mol. The van der Waals surface area contributed by atoms with Crippen LogP contribution in [0, 0.1) is 0 Å². The first kappa shape index (κ1) is 19.7. The maximum atomic E-state index is 12.2. The monoisotopic (exact) mass is 443 g/mol. The molecule has 3 rings (SSSR count). The Morgan fingerprint density at radius 2 is 1.63 bits per heavy atom. The van der Waals surface area contributed by atoms with Crippen molar-refractivity contribution in [2.75, 3.05) is 6.26 Å². The zero-order valence-corrected chi connectivity index (χ0v) is 16.9. The summed E-state index contributed by atoms with van der Waals surface area (Å²) in [5.74, 6) is -0.850. The Labute approximate surface area is 170 Å². The van der Waals surface area contributed by atoms with Crippen molar-refractivity contribution in [1.82, 2.24) is 14.5 Å². The molecule has 0 aliphatic heterocycles. The molecule has 0 aliphatic carbocycles. The average molecular weight is 445 g/mol. The van der Waals surface area contributed by atoms with Crippen molar-refractivity contribution in [3.8, 4) is 16.9 Å². The first-order valence-electron chi connectivity index (χ1n) is 7.47. The molecule has 2 aromatic carbocycles. The second kappa shape index (κ2) is 7.52. The number of sulfonamides is 1. The van der Waals surface area contributed by atoms with Gasteiger partial charge in [0.05, 0.1) is 22.7 Å². The molecule has 1 aromatic heterocycles. The van der Waals surface area contributed by atoms with Crippen molar-refractivity contribution in [2.45, 2.75) is 0 Å². The van der Waals surface area contributed by atoms with Crippen LogP contribution in [-0.4, -0.2) is 30.4 Å². The highest BCUT2D eigenvalue weighted by atomic mass is 35.5. The van der Waals surface area contributed by atoms with Crippen LogP contribution in [-0.2, 0) is 10.0 Å². The smallest absolute Gasteiger partial charge is 0.266 e. The van der Waals surface area contributed by atoms with Crippen LogP contribution in [0.3, 0.4) is 0 Å². The van der Waals surface area contributed by atoms with E-state index in [9.17, 15) is 13.2 Å². The molecule has 0 fully saturated rings. The molecule has 1 amide bonds. The Kier molecular flexibility index (Phi) is 5.48. The third kappa shape index (κ3) is 4.62. The topological polar surface area (TPSA) is 81.1 Å². The fourth-order valence-electron chi connectivity index (χ4n) is 2.38. The minimum atomic E-state index is -3.73. The van der Waals surface area contributed by atoms with Crippen LogP contribution in [0.1, 0.15) is 10.5 Å². The van der Waals surface area contributed by atoms with Gasteiger partial charge in [0, 0.05) is 15.6 Å². The van der Waals surface area contributed by atoms with Crippen LogP contribution in [0.2, 0.25) is 15.1 Å². The van der Waals surface area contributed by atoms with Crippen molar-refractivity contribution in [3.63, 3.8) is 0 Å². The van der Waals surface area contributed by atoms with E-state index in [1.54, 1.807) is 42.5 Å². The number of rotatable bonds is 4. The van der Waals surface area contributed by atoms with E-state index >= 15 is 0 Å². The molecule has 0 saturated carbocycles. The van der Waals surface area contributed by atoms with Gasteiger partial charge < -0.3 is 0 Å². The van der Waals surface area contributed by atoms with Crippen LogP contribution < -0.4 is 4.72 Å². The second-order valence-electron chi connectivity index (χ2n) is 5.63. The minimum absolute atomic E-state index is 0.0867. The molecular formula is C17H12Cl3N3O3S. The maximum absolute atomic E-state index is 12.2. The van der Waals surface area contributed by atoms with Crippen molar-refractivity contribution < 1.29 is 13.2 Å². The Morgan fingerprint density at radius 3 is 2.22 bits per heavy atom. The largest absolute Gasteiger partial charge is 0.285 e. The number of carbonyl (C=O) groups is 1. The summed E-state index contributed by atoms with van der Waals surface area (Å²) in [5, 5.41) is 5.54. The Morgan fingerprint density at radius 1 is 1.00 bits per heavy atom. The molecule has 140 valence electrons. The Bertz CT molecular complexity index is 1130. The zero-order valence-electron chi connectivity index (χ0n) is 13.8. The summed E-state index contributed by atoms with van der Waals surface area (Å²) in [6.45, 7) is 0. The second-order valence-corrected chi connectivity index (χ2v) is 8.66. The number of hydrogen-bond acceptors (Lipinski definition) is 4. The average Bonchev–Trinajstić information content (AvgIpc) is 2.99. The Balaban J connectivity index is 2.17. The number of amides is 1. The van der Waals surface area contributed by atoms with Gasteiger partial charge in [-0.2, -0.15) is 5.10 Å². The van der Waals surface area contributed by atoms with Gasteiger partial charge >= 0.3 is 0 Å². The SMILES string of the molecule is CS(=O)(=O)NC(=O)c1cc(-c2ccc(Cl)cc2)n(-c2ccc(Cl)cc2Cl)n1. The highest BCUT2D eigenvalue weighted by molar-refractivity contribution is 7.89. The van der Waals surface area contributed by atoms with Gasteiger partial charge in [0.25, 0.3) is 5.91 Å². The highest BCUT2D eigenvalue weighted by Gasteiger charge is 2.20. The molecule has 6 nitrogen and oxygen atoms in total. The Hall–Kier alpha value is -2.06. The summed E-state index contributed by atoms with van der Waals surface area (Å²) in [5.41, 5.74) is 1.62. The first-order valence-corrected chi connectivity index (χ1v) is 10.5. The van der Waals surface area contributed by atoms with E-state index in [0.717, 1.165) is 6.26 Å². The normalized spacial score (nSPS) is 11.4. The molecule has 0 atom stereocenters. The van der Waals surface area contributed by atoms with E-state index < -0.39 is 15.9 Å². The van der Waals surface area contributed by atoms with Crippen LogP contribution in [0.15, 0.2) is 48.5 Å². The molecule has 27 heavy (non-hydrogen) atoms. The summed E-state index contributed by atoms with van der Waals surface area (Å²) < 4.78 is 26.1. The molecule has 3 aromatic rings. The lowest BCUT2D eigenvalue weighted by Gasteiger charge is -2.10. The number of hydrogen-bond donors (Lipinski definition) is 1. The predicted molar refractivity (Wildman–Crippen MR) is 106 cm³/mol. The predicted octanol–water partition coefficient (Wildman–Crippen LogP) is 4.19. The van der Waals surface area contributed by atoms with Gasteiger partial charge in [0.1, 0.15) is 0 Å². The van der Waals surface area contributed by atoms with E-state index in [0.29, 0.717) is 32.0 Å². The van der Waals surface area contributed by atoms with Gasteiger partial charge in [-0.15, -0.1) is 0 Å². The fourth-order valence-corrected chi connectivity index (χ4v) is 3.43. The van der Waals surface area contributed by atoms with E-state index in [1.807, 2.05) is 4.72 Å². The van der Waals surface area contributed by atoms with Crippen LogP contribution in [0.5, 0.6) is 0 Å². The molecule has 1 N–H and O–H groups in total. The van der Waals surface area contributed by atoms with Crippen LogP contribution >= 0.6 is 34.8 Å². The summed E-state index contributed by atoms with van der Waals surface area (Å²) in [6, 6.07) is 13.2. The lowest BCUT2D eigenvalue weighted by molar-refractivity contribution is 0.0976. The lowest BCUT2D eigenvalue weighted by atomic mass is 10.1. The van der Waals surface area contributed by atoms with E-state index in [2.05, 4.69) is 5.10 Å². The standard InChI is InChI=1S/C17H12Cl3N3O3S/c1-27(25,26)22-17(24)14-9-16(10-2-4-11(18)5-3-10)23(21-14)15-7-6-12(19)8-13(15)20/h2-9H,1H3,(H,22,24). The maximum Gasteiger partial charge on any atom is 0.285 e. The number of halogens is 3. The van der Waals surface area contributed by atoms with Gasteiger partial charge in [0.2, 0.25) is 10.0 Å². The molecule has 0 saturated heterocycles. The molecule has 0 aliphatic rings. The summed E-state index contributed by atoms with van der Waals surface area (Å²) >= 11 is 18.2. The third-order valence-electron chi connectivity index (χ3n) is 3.50. The quantitative estimate of drug-likeness (QED) is 0.654. The third-order valence-corrected chi connectivity index (χ3v) is 4.84. The van der Waals surface area contributed by atoms with E-state index in [4.69, 9.17) is 34.8 Å².